The predicted molar refractivity (Wildman–Crippen MR) is 101 cm³/mol. The van der Waals surface area contributed by atoms with Crippen LogP contribution in [-0.2, 0) is 4.79 Å². The van der Waals surface area contributed by atoms with E-state index in [9.17, 15) is 9.59 Å². The van der Waals surface area contributed by atoms with Gasteiger partial charge in [0.2, 0.25) is 5.91 Å². The van der Waals surface area contributed by atoms with Gasteiger partial charge < -0.3 is 15.1 Å². The lowest BCUT2D eigenvalue weighted by atomic mass is 10.1. The van der Waals surface area contributed by atoms with Crippen LogP contribution in [0.3, 0.4) is 0 Å². The monoisotopic (exact) mass is 370 g/mol. The zero-order chi connectivity index (χ0) is 18.8. The molecule has 8 nitrogen and oxygen atoms in total. The van der Waals surface area contributed by atoms with Gasteiger partial charge in [-0.1, -0.05) is 0 Å². The number of aromatic nitrogens is 3. The van der Waals surface area contributed by atoms with E-state index in [1.807, 2.05) is 21.6 Å². The van der Waals surface area contributed by atoms with E-state index < -0.39 is 0 Å². The summed E-state index contributed by atoms with van der Waals surface area (Å²) in [4.78, 5) is 28.3. The van der Waals surface area contributed by atoms with Crippen LogP contribution in [0.15, 0.2) is 18.3 Å². The molecular weight excluding hydrogens is 344 g/mol. The average molecular weight is 370 g/mol. The van der Waals surface area contributed by atoms with Crippen LogP contribution in [0.1, 0.15) is 48.3 Å². The summed E-state index contributed by atoms with van der Waals surface area (Å²) in [7, 11) is 0. The number of hydrogen-bond acceptors (Lipinski definition) is 5. The third kappa shape index (κ3) is 3.80. The molecule has 0 radical (unpaired) electrons. The molecule has 4 heterocycles. The highest BCUT2D eigenvalue weighted by atomic mass is 16.2. The lowest BCUT2D eigenvalue weighted by Crippen LogP contribution is -2.33. The van der Waals surface area contributed by atoms with Crippen LogP contribution in [-0.4, -0.2) is 75.5 Å². The van der Waals surface area contributed by atoms with Crippen LogP contribution in [0.2, 0.25) is 0 Å². The summed E-state index contributed by atoms with van der Waals surface area (Å²) in [6.07, 6.45) is 5.19. The van der Waals surface area contributed by atoms with Gasteiger partial charge in [-0.2, -0.15) is 0 Å². The Morgan fingerprint density at radius 1 is 1.19 bits per heavy atom. The Balaban J connectivity index is 1.45. The van der Waals surface area contributed by atoms with E-state index in [1.54, 1.807) is 13.0 Å². The maximum Gasteiger partial charge on any atom is 0.252 e. The van der Waals surface area contributed by atoms with Crippen LogP contribution in [0.25, 0.3) is 5.65 Å². The lowest BCUT2D eigenvalue weighted by Gasteiger charge is -2.15. The molecule has 0 saturated carbocycles. The van der Waals surface area contributed by atoms with Crippen LogP contribution in [0.5, 0.6) is 0 Å². The van der Waals surface area contributed by atoms with Crippen LogP contribution in [0.4, 0.5) is 0 Å². The van der Waals surface area contributed by atoms with E-state index in [4.69, 9.17) is 0 Å². The second-order valence-electron chi connectivity index (χ2n) is 7.46. The SMILES string of the molecule is CC(=O)N1CCC(c2nnc3ccc(C(=O)NCCN4CCCC4)cn23)C1. The Labute approximate surface area is 158 Å². The summed E-state index contributed by atoms with van der Waals surface area (Å²) in [5.74, 6) is 0.981. The Kier molecular flexibility index (Phi) is 5.07. The van der Waals surface area contributed by atoms with E-state index in [0.29, 0.717) is 18.7 Å². The number of hydrogen-bond donors (Lipinski definition) is 1. The van der Waals surface area contributed by atoms with Gasteiger partial charge in [0.25, 0.3) is 5.91 Å². The van der Waals surface area contributed by atoms with Gasteiger partial charge in [-0.15, -0.1) is 10.2 Å². The molecule has 144 valence electrons. The van der Waals surface area contributed by atoms with Crippen LogP contribution in [0, 0.1) is 0 Å². The molecule has 2 fully saturated rings. The summed E-state index contributed by atoms with van der Waals surface area (Å²) in [5.41, 5.74) is 1.33. The number of nitrogens with zero attached hydrogens (tertiary/aromatic N) is 5. The first-order chi connectivity index (χ1) is 13.1. The smallest absolute Gasteiger partial charge is 0.252 e. The van der Waals surface area contributed by atoms with Crippen molar-refractivity contribution in [2.75, 3.05) is 39.3 Å². The van der Waals surface area contributed by atoms with Crippen molar-refractivity contribution in [2.24, 2.45) is 0 Å². The fourth-order valence-corrected chi connectivity index (χ4v) is 4.01. The highest BCUT2D eigenvalue weighted by Crippen LogP contribution is 2.26. The van der Waals surface area contributed by atoms with E-state index in [-0.39, 0.29) is 17.7 Å². The molecule has 1 unspecified atom stereocenters. The first-order valence-corrected chi connectivity index (χ1v) is 9.72. The zero-order valence-corrected chi connectivity index (χ0v) is 15.7. The van der Waals surface area contributed by atoms with E-state index in [0.717, 1.165) is 44.1 Å². The topological polar surface area (TPSA) is 82.8 Å². The molecule has 2 aromatic rings. The standard InChI is InChI=1S/C19H26N6O2/c1-14(26)24-10-6-15(12-24)18-22-21-17-5-4-16(13-25(17)18)19(27)20-7-11-23-8-2-3-9-23/h4-5,13,15H,2-3,6-12H2,1H3,(H,20,27). The average Bonchev–Trinajstić information content (AvgIpc) is 3.40. The van der Waals surface area contributed by atoms with Crippen molar-refractivity contribution in [3.8, 4) is 0 Å². The first kappa shape index (κ1) is 17.9. The van der Waals surface area contributed by atoms with Gasteiger partial charge in [-0.3, -0.25) is 14.0 Å². The molecule has 0 aliphatic carbocycles. The number of amides is 2. The van der Waals surface area contributed by atoms with Crippen molar-refractivity contribution >= 4 is 17.5 Å². The van der Waals surface area contributed by atoms with Gasteiger partial charge in [-0.25, -0.2) is 0 Å². The molecule has 4 rings (SSSR count). The van der Waals surface area contributed by atoms with Crippen LogP contribution < -0.4 is 5.32 Å². The molecule has 1 N–H and O–H groups in total. The van der Waals surface area contributed by atoms with Gasteiger partial charge in [0.1, 0.15) is 5.82 Å². The summed E-state index contributed by atoms with van der Waals surface area (Å²) in [5, 5.41) is 11.5. The Hall–Kier alpha value is -2.48. The molecule has 0 aromatic carbocycles. The van der Waals surface area contributed by atoms with Crippen molar-refractivity contribution in [1.29, 1.82) is 0 Å². The Morgan fingerprint density at radius 3 is 2.74 bits per heavy atom. The number of fused-ring (bicyclic) bond motifs is 1. The van der Waals surface area contributed by atoms with E-state index >= 15 is 0 Å². The summed E-state index contributed by atoms with van der Waals surface area (Å²) >= 11 is 0. The van der Waals surface area contributed by atoms with Gasteiger partial charge in [-0.05, 0) is 44.5 Å². The van der Waals surface area contributed by atoms with Gasteiger partial charge in [0.15, 0.2) is 5.65 Å². The van der Waals surface area contributed by atoms with Crippen molar-refractivity contribution in [2.45, 2.75) is 32.1 Å². The highest BCUT2D eigenvalue weighted by Gasteiger charge is 2.29. The van der Waals surface area contributed by atoms with E-state index in [1.165, 1.54) is 12.8 Å². The quantitative estimate of drug-likeness (QED) is 0.845. The molecule has 1 atom stereocenters. The minimum atomic E-state index is -0.0764. The second kappa shape index (κ2) is 7.64. The number of nitrogens with one attached hydrogen (secondary N) is 1. The van der Waals surface area contributed by atoms with Crippen LogP contribution >= 0.6 is 0 Å². The molecule has 2 saturated heterocycles. The second-order valence-corrected chi connectivity index (χ2v) is 7.46. The number of likely N-dealkylation sites (tertiary alicyclic amines) is 2. The summed E-state index contributed by atoms with van der Waals surface area (Å²) in [6, 6.07) is 3.61. The maximum absolute atomic E-state index is 12.5. The fraction of sp³-hybridized carbons (Fsp3) is 0.579. The molecule has 2 aliphatic rings. The summed E-state index contributed by atoms with van der Waals surface area (Å²) in [6.45, 7) is 6.80. The molecule has 0 spiro atoms. The third-order valence-electron chi connectivity index (χ3n) is 5.60. The number of carbonyl (C=O) groups is 2. The highest BCUT2D eigenvalue weighted by molar-refractivity contribution is 5.94. The molecule has 8 heteroatoms. The van der Waals surface area contributed by atoms with Crippen molar-refractivity contribution in [3.63, 3.8) is 0 Å². The zero-order valence-electron chi connectivity index (χ0n) is 15.7. The lowest BCUT2D eigenvalue weighted by molar-refractivity contribution is -0.127. The van der Waals surface area contributed by atoms with Gasteiger partial charge in [0.05, 0.1) is 5.56 Å². The fourth-order valence-electron chi connectivity index (χ4n) is 4.01. The van der Waals surface area contributed by atoms with E-state index in [2.05, 4.69) is 20.4 Å². The minimum absolute atomic E-state index is 0.0764. The Bertz CT molecular complexity index is 842. The normalized spacial score (nSPS) is 20.5. The number of pyridine rings is 1. The largest absolute Gasteiger partial charge is 0.351 e. The molecule has 2 aromatic heterocycles. The molecule has 27 heavy (non-hydrogen) atoms. The van der Waals surface area contributed by atoms with Crippen molar-refractivity contribution in [3.05, 3.63) is 29.7 Å². The maximum atomic E-state index is 12.5. The van der Waals surface area contributed by atoms with Crippen molar-refractivity contribution in [1.82, 2.24) is 29.7 Å². The molecule has 2 aliphatic heterocycles. The Morgan fingerprint density at radius 2 is 2.00 bits per heavy atom. The van der Waals surface area contributed by atoms with Crippen molar-refractivity contribution < 1.29 is 9.59 Å². The summed E-state index contributed by atoms with van der Waals surface area (Å²) < 4.78 is 1.89. The van der Waals surface area contributed by atoms with Gasteiger partial charge in [0, 0.05) is 45.2 Å². The number of rotatable bonds is 5. The third-order valence-corrected chi connectivity index (χ3v) is 5.60. The molecule has 2 amide bonds. The van der Waals surface area contributed by atoms with Gasteiger partial charge >= 0.3 is 0 Å². The minimum Gasteiger partial charge on any atom is -0.351 e. The molecular formula is C19H26N6O2. The first-order valence-electron chi connectivity index (χ1n) is 9.72. The molecule has 0 bridgehead atoms. The predicted octanol–water partition coefficient (Wildman–Crippen LogP) is 0.891. The number of carbonyl (C=O) groups excluding carboxylic acids is 2.